The average Bonchev–Trinajstić information content (AvgIpc) is 2.56. The Bertz CT molecular complexity index is 513. The standard InChI is InChI=1S/C13H9.U/c1-3-7-12-10(5-1)9-11-6-2-4-8-13(11)12;/h1-9H;/q-1;. The Morgan fingerprint density at radius 3 is 1.57 bits per heavy atom. The van der Waals surface area contributed by atoms with Crippen molar-refractivity contribution in [1.29, 1.82) is 0 Å². The third kappa shape index (κ3) is 1.42. The van der Waals surface area contributed by atoms with E-state index in [0.717, 1.165) is 0 Å². The summed E-state index contributed by atoms with van der Waals surface area (Å²) in [4.78, 5) is 0. The van der Waals surface area contributed by atoms with Gasteiger partial charge in [-0.3, -0.25) is 0 Å². The van der Waals surface area contributed by atoms with Gasteiger partial charge in [-0.05, 0) is 0 Å². The molecule has 0 atom stereocenters. The molecule has 0 aliphatic heterocycles. The normalized spacial score (nSPS) is 10.3. The Morgan fingerprint density at radius 2 is 1.07 bits per heavy atom. The first-order chi connectivity index (χ1) is 6.45. The molecule has 0 heterocycles. The van der Waals surface area contributed by atoms with Gasteiger partial charge in [-0.25, -0.2) is 0 Å². The summed E-state index contributed by atoms with van der Waals surface area (Å²) >= 11 is 0. The minimum absolute atomic E-state index is 0. The quantitative estimate of drug-likeness (QED) is 0.502. The molecule has 66 valence electrons. The van der Waals surface area contributed by atoms with Gasteiger partial charge >= 0.3 is 0 Å². The topological polar surface area (TPSA) is 0 Å². The average molecular weight is 403 g/mol. The minimum Gasteiger partial charge on any atom is -0.126 e. The monoisotopic (exact) mass is 403 g/mol. The van der Waals surface area contributed by atoms with Crippen molar-refractivity contribution in [1.82, 2.24) is 0 Å². The van der Waals surface area contributed by atoms with Gasteiger partial charge in [-0.1, -0.05) is 36.4 Å². The van der Waals surface area contributed by atoms with Crippen LogP contribution in [-0.4, -0.2) is 0 Å². The molecule has 0 fully saturated rings. The first kappa shape index (κ1) is 9.90. The van der Waals surface area contributed by atoms with Gasteiger partial charge in [0, 0.05) is 31.1 Å². The van der Waals surface area contributed by atoms with Crippen molar-refractivity contribution in [3.63, 3.8) is 0 Å². The molecule has 0 amide bonds. The summed E-state index contributed by atoms with van der Waals surface area (Å²) in [6.07, 6.45) is 0. The molecule has 0 aliphatic carbocycles. The van der Waals surface area contributed by atoms with Crippen LogP contribution in [0.4, 0.5) is 0 Å². The molecule has 1 heteroatoms. The minimum atomic E-state index is 0. The van der Waals surface area contributed by atoms with Crippen molar-refractivity contribution in [2.45, 2.75) is 0 Å². The van der Waals surface area contributed by atoms with Gasteiger partial charge in [0.1, 0.15) is 0 Å². The zero-order chi connectivity index (χ0) is 8.67. The van der Waals surface area contributed by atoms with Gasteiger partial charge in [0.25, 0.3) is 0 Å². The van der Waals surface area contributed by atoms with Crippen molar-refractivity contribution < 1.29 is 31.1 Å². The summed E-state index contributed by atoms with van der Waals surface area (Å²) < 4.78 is 0. The second kappa shape index (κ2) is 3.85. The third-order valence-corrected chi connectivity index (χ3v) is 2.52. The van der Waals surface area contributed by atoms with E-state index in [-0.39, 0.29) is 31.1 Å². The van der Waals surface area contributed by atoms with Gasteiger partial charge < -0.3 is 0 Å². The maximum Gasteiger partial charge on any atom is 0 e. The van der Waals surface area contributed by atoms with Crippen LogP contribution in [-0.2, 0) is 0 Å². The summed E-state index contributed by atoms with van der Waals surface area (Å²) in [6.45, 7) is 0. The molecule has 3 aromatic rings. The molecule has 14 heavy (non-hydrogen) atoms. The molecule has 0 saturated heterocycles. The summed E-state index contributed by atoms with van der Waals surface area (Å²) in [6, 6.07) is 19.3. The molecule has 0 nitrogen and oxygen atoms in total. The Kier molecular flexibility index (Phi) is 2.72. The zero-order valence-electron chi connectivity index (χ0n) is 7.70. The van der Waals surface area contributed by atoms with E-state index in [0.29, 0.717) is 0 Å². The largest absolute Gasteiger partial charge is 0.126 e. The van der Waals surface area contributed by atoms with Gasteiger partial charge in [0.15, 0.2) is 0 Å². The Morgan fingerprint density at radius 1 is 0.643 bits per heavy atom. The van der Waals surface area contributed by atoms with Crippen molar-refractivity contribution >= 4 is 21.5 Å². The van der Waals surface area contributed by atoms with Crippen molar-refractivity contribution in [2.75, 3.05) is 0 Å². The molecule has 0 aliphatic rings. The van der Waals surface area contributed by atoms with Crippen molar-refractivity contribution in [3.05, 3.63) is 54.6 Å². The molecule has 0 bridgehead atoms. The first-order valence-electron chi connectivity index (χ1n) is 4.48. The van der Waals surface area contributed by atoms with Gasteiger partial charge in [0.05, 0.1) is 0 Å². The van der Waals surface area contributed by atoms with E-state index in [1.165, 1.54) is 21.5 Å². The van der Waals surface area contributed by atoms with E-state index in [1.807, 2.05) is 0 Å². The van der Waals surface area contributed by atoms with Crippen LogP contribution in [0, 0.1) is 31.1 Å². The van der Waals surface area contributed by atoms with E-state index in [9.17, 15) is 0 Å². The van der Waals surface area contributed by atoms with Crippen LogP contribution in [0.2, 0.25) is 0 Å². The number of hydrogen-bond acceptors (Lipinski definition) is 0. The Balaban J connectivity index is 0.000000750. The number of rotatable bonds is 0. The third-order valence-electron chi connectivity index (χ3n) is 2.52. The number of fused-ring (bicyclic) bond motifs is 3. The second-order valence-corrected chi connectivity index (χ2v) is 3.32. The molecule has 0 N–H and O–H groups in total. The van der Waals surface area contributed by atoms with E-state index in [4.69, 9.17) is 0 Å². The summed E-state index contributed by atoms with van der Waals surface area (Å²) in [5.74, 6) is 0. The second-order valence-electron chi connectivity index (χ2n) is 3.32. The van der Waals surface area contributed by atoms with E-state index >= 15 is 0 Å². The van der Waals surface area contributed by atoms with Crippen LogP contribution in [0.1, 0.15) is 0 Å². The van der Waals surface area contributed by atoms with Crippen molar-refractivity contribution in [2.24, 2.45) is 0 Å². The first-order valence-corrected chi connectivity index (χ1v) is 4.48. The molecule has 0 spiro atoms. The number of hydrogen-bond donors (Lipinski definition) is 0. The van der Waals surface area contributed by atoms with Gasteiger partial charge in [-0.15, -0.1) is 39.7 Å². The fourth-order valence-corrected chi connectivity index (χ4v) is 1.90. The molecular formula is C13H9U-. The summed E-state index contributed by atoms with van der Waals surface area (Å²) in [7, 11) is 0. The van der Waals surface area contributed by atoms with Crippen LogP contribution in [0.3, 0.4) is 0 Å². The van der Waals surface area contributed by atoms with Gasteiger partial charge in [-0.2, -0.15) is 0 Å². The fraction of sp³-hybridized carbons (Fsp3) is 0. The molecule has 3 aromatic carbocycles. The maximum absolute atomic E-state index is 2.24. The molecule has 0 aromatic heterocycles. The predicted molar refractivity (Wildman–Crippen MR) is 57.0 cm³/mol. The molecule has 0 unspecified atom stereocenters. The molecule has 0 saturated carbocycles. The van der Waals surface area contributed by atoms with E-state index in [1.54, 1.807) is 0 Å². The smallest absolute Gasteiger partial charge is 0 e. The summed E-state index contributed by atoms with van der Waals surface area (Å²) in [5, 5.41) is 5.39. The van der Waals surface area contributed by atoms with Crippen LogP contribution in [0.15, 0.2) is 54.6 Å². The van der Waals surface area contributed by atoms with E-state index < -0.39 is 0 Å². The predicted octanol–water partition coefficient (Wildman–Crippen LogP) is 3.71. The van der Waals surface area contributed by atoms with Crippen LogP contribution in [0.25, 0.3) is 21.5 Å². The van der Waals surface area contributed by atoms with Gasteiger partial charge in [0.2, 0.25) is 0 Å². The summed E-state index contributed by atoms with van der Waals surface area (Å²) in [5.41, 5.74) is 0. The zero-order valence-corrected chi connectivity index (χ0v) is 11.9. The van der Waals surface area contributed by atoms with Crippen LogP contribution < -0.4 is 0 Å². The molecular weight excluding hydrogens is 394 g/mol. The molecule has 3 rings (SSSR count). The maximum atomic E-state index is 2.24. The Labute approximate surface area is 107 Å². The van der Waals surface area contributed by atoms with E-state index in [2.05, 4.69) is 54.6 Å². The fourth-order valence-electron chi connectivity index (χ4n) is 1.90. The number of benzene rings is 2. The van der Waals surface area contributed by atoms with Crippen molar-refractivity contribution in [3.8, 4) is 0 Å². The Hall–Kier alpha value is -0.638. The SMILES string of the molecule is [U].c1ccc2c(c1)[cH-]c1ccccc12. The van der Waals surface area contributed by atoms with Crippen LogP contribution in [0.5, 0.6) is 0 Å². The van der Waals surface area contributed by atoms with Crippen LogP contribution >= 0.6 is 0 Å². The molecule has 0 radical (unpaired) electrons.